The monoisotopic (exact) mass is 297 g/mol. The van der Waals surface area contributed by atoms with Crippen LogP contribution in [0.1, 0.15) is 5.56 Å². The summed E-state index contributed by atoms with van der Waals surface area (Å²) in [6.45, 7) is 4.69. The van der Waals surface area contributed by atoms with Crippen LogP contribution in [0.4, 0.5) is 0 Å². The average molecular weight is 298 g/mol. The lowest BCUT2D eigenvalue weighted by molar-refractivity contribution is -0.127. The lowest BCUT2D eigenvalue weighted by Gasteiger charge is -2.16. The van der Waals surface area contributed by atoms with E-state index in [2.05, 4.69) is 22.5 Å². The third-order valence-electron chi connectivity index (χ3n) is 2.25. The Labute approximate surface area is 110 Å². The number of halogens is 1. The summed E-state index contributed by atoms with van der Waals surface area (Å²) in [5.74, 6) is 0.875. The second-order valence-electron chi connectivity index (χ2n) is 3.63. The van der Waals surface area contributed by atoms with Gasteiger partial charge in [-0.3, -0.25) is 4.79 Å². The van der Waals surface area contributed by atoms with E-state index < -0.39 is 0 Å². The van der Waals surface area contributed by atoms with Gasteiger partial charge < -0.3 is 9.64 Å². The second kappa shape index (κ2) is 7.12. The van der Waals surface area contributed by atoms with Gasteiger partial charge in [-0.15, -0.1) is 0 Å². The van der Waals surface area contributed by atoms with Crippen molar-refractivity contribution in [2.24, 2.45) is 0 Å². The van der Waals surface area contributed by atoms with Gasteiger partial charge >= 0.3 is 0 Å². The Hall–Kier alpha value is -1.29. The Bertz CT molecular complexity index is 376. The number of benzene rings is 1. The second-order valence-corrected chi connectivity index (χ2v) is 4.19. The molecular weight excluding hydrogens is 282 g/mol. The first-order valence-corrected chi connectivity index (χ1v) is 6.42. The molecule has 92 valence electrons. The van der Waals surface area contributed by atoms with Crippen molar-refractivity contribution in [2.45, 2.75) is 6.54 Å². The molecule has 0 aliphatic carbocycles. The van der Waals surface area contributed by atoms with Gasteiger partial charge in [-0.05, 0) is 17.7 Å². The molecule has 0 saturated heterocycles. The molecule has 1 aromatic rings. The van der Waals surface area contributed by atoms with Gasteiger partial charge in [0.05, 0.1) is 5.33 Å². The van der Waals surface area contributed by atoms with Crippen molar-refractivity contribution in [3.63, 3.8) is 0 Å². The molecule has 17 heavy (non-hydrogen) atoms. The summed E-state index contributed by atoms with van der Waals surface area (Å²) in [5, 5.41) is 0.351. The van der Waals surface area contributed by atoms with Crippen LogP contribution in [0.3, 0.4) is 0 Å². The summed E-state index contributed by atoms with van der Waals surface area (Å²) in [5.41, 5.74) is 1.08. The number of hydrogen-bond acceptors (Lipinski definition) is 2. The van der Waals surface area contributed by atoms with Crippen LogP contribution < -0.4 is 4.74 Å². The zero-order valence-corrected chi connectivity index (χ0v) is 11.4. The van der Waals surface area contributed by atoms with Gasteiger partial charge in [-0.25, -0.2) is 0 Å². The molecular formula is C13H16BrNO2. The fraction of sp³-hybridized carbons (Fsp3) is 0.308. The topological polar surface area (TPSA) is 29.5 Å². The van der Waals surface area contributed by atoms with Crippen LogP contribution in [-0.4, -0.2) is 29.8 Å². The van der Waals surface area contributed by atoms with Crippen LogP contribution in [0.15, 0.2) is 36.9 Å². The molecule has 0 saturated carbocycles. The Morgan fingerprint density at radius 1 is 1.47 bits per heavy atom. The molecule has 0 aliphatic rings. The number of carbonyl (C=O) groups excluding carboxylic acids is 1. The minimum atomic E-state index is 0.0667. The molecule has 0 aliphatic heterocycles. The number of carbonyl (C=O) groups is 1. The van der Waals surface area contributed by atoms with Crippen molar-refractivity contribution in [3.8, 4) is 5.75 Å². The fourth-order valence-corrected chi connectivity index (χ4v) is 1.74. The van der Waals surface area contributed by atoms with Crippen molar-refractivity contribution in [3.05, 3.63) is 42.5 Å². The average Bonchev–Trinajstić information content (AvgIpc) is 2.37. The third kappa shape index (κ3) is 4.61. The molecule has 4 heteroatoms. The number of hydrogen-bond donors (Lipinski definition) is 0. The molecule has 0 radical (unpaired) electrons. The highest BCUT2D eigenvalue weighted by molar-refractivity contribution is 9.09. The first kappa shape index (κ1) is 13.8. The zero-order valence-electron chi connectivity index (χ0n) is 9.86. The van der Waals surface area contributed by atoms with Gasteiger partial charge in [0.25, 0.3) is 0 Å². The van der Waals surface area contributed by atoms with Crippen LogP contribution in [0, 0.1) is 0 Å². The van der Waals surface area contributed by atoms with Gasteiger partial charge in [0, 0.05) is 13.6 Å². The van der Waals surface area contributed by atoms with Crippen molar-refractivity contribution in [2.75, 3.05) is 19.0 Å². The molecule has 1 rings (SSSR count). The normalized spacial score (nSPS) is 9.76. The first-order valence-electron chi connectivity index (χ1n) is 5.30. The number of alkyl halides is 1. The van der Waals surface area contributed by atoms with Crippen molar-refractivity contribution >= 4 is 21.8 Å². The molecule has 0 atom stereocenters. The maximum absolute atomic E-state index is 11.4. The van der Waals surface area contributed by atoms with E-state index >= 15 is 0 Å². The maximum Gasteiger partial charge on any atom is 0.233 e. The highest BCUT2D eigenvalue weighted by Gasteiger charge is 2.06. The van der Waals surface area contributed by atoms with E-state index in [1.54, 1.807) is 18.0 Å². The molecule has 0 bridgehead atoms. The van der Waals surface area contributed by atoms with E-state index in [9.17, 15) is 4.79 Å². The van der Waals surface area contributed by atoms with Crippen LogP contribution >= 0.6 is 15.9 Å². The largest absolute Gasteiger partial charge is 0.490 e. The van der Waals surface area contributed by atoms with Crippen molar-refractivity contribution < 1.29 is 9.53 Å². The quantitative estimate of drug-likeness (QED) is 0.597. The van der Waals surface area contributed by atoms with E-state index in [0.29, 0.717) is 18.5 Å². The van der Waals surface area contributed by atoms with Crippen LogP contribution in [0.25, 0.3) is 0 Å². The van der Waals surface area contributed by atoms with Crippen molar-refractivity contribution in [1.82, 2.24) is 4.90 Å². The van der Waals surface area contributed by atoms with Crippen LogP contribution in [0.5, 0.6) is 5.75 Å². The van der Waals surface area contributed by atoms with E-state index in [1.165, 1.54) is 0 Å². The van der Waals surface area contributed by atoms with Gasteiger partial charge in [0.15, 0.2) is 0 Å². The highest BCUT2D eigenvalue weighted by Crippen LogP contribution is 2.13. The summed E-state index contributed by atoms with van der Waals surface area (Å²) in [6, 6.07) is 7.70. The molecule has 3 nitrogen and oxygen atoms in total. The maximum atomic E-state index is 11.4. The predicted molar refractivity (Wildman–Crippen MR) is 72.4 cm³/mol. The molecule has 0 N–H and O–H groups in total. The minimum Gasteiger partial charge on any atom is -0.490 e. The van der Waals surface area contributed by atoms with E-state index in [0.717, 1.165) is 11.3 Å². The van der Waals surface area contributed by atoms with Gasteiger partial charge in [0.1, 0.15) is 12.4 Å². The van der Waals surface area contributed by atoms with Crippen molar-refractivity contribution in [1.29, 1.82) is 0 Å². The summed E-state index contributed by atoms with van der Waals surface area (Å²) in [4.78, 5) is 13.0. The fourth-order valence-electron chi connectivity index (χ4n) is 1.31. The van der Waals surface area contributed by atoms with Crippen LogP contribution in [0.2, 0.25) is 0 Å². The number of nitrogens with zero attached hydrogens (tertiary/aromatic N) is 1. The van der Waals surface area contributed by atoms with Crippen LogP contribution in [-0.2, 0) is 11.3 Å². The first-order chi connectivity index (χ1) is 8.17. The molecule has 0 unspecified atom stereocenters. The standard InChI is InChI=1S/C13H16BrNO2/c1-3-8-17-12-6-4-11(5-7-12)10-15(2)13(16)9-14/h3-7H,1,8-10H2,2H3. The lowest BCUT2D eigenvalue weighted by atomic mass is 10.2. The number of ether oxygens (including phenoxy) is 1. The highest BCUT2D eigenvalue weighted by atomic mass is 79.9. The molecule has 0 heterocycles. The molecule has 1 aromatic carbocycles. The van der Waals surface area contributed by atoms with Gasteiger partial charge in [-0.2, -0.15) is 0 Å². The third-order valence-corrected chi connectivity index (χ3v) is 2.73. The Morgan fingerprint density at radius 3 is 2.65 bits per heavy atom. The molecule has 0 aromatic heterocycles. The summed E-state index contributed by atoms with van der Waals surface area (Å²) >= 11 is 3.15. The Balaban J connectivity index is 2.55. The molecule has 1 amide bonds. The molecule has 0 fully saturated rings. The Kier molecular flexibility index (Phi) is 5.77. The summed E-state index contributed by atoms with van der Waals surface area (Å²) < 4.78 is 5.38. The SMILES string of the molecule is C=CCOc1ccc(CN(C)C(=O)CBr)cc1. The predicted octanol–water partition coefficient (Wildman–Crippen LogP) is 2.60. The number of amides is 1. The molecule has 0 spiro atoms. The van der Waals surface area contributed by atoms with Gasteiger partial charge in [-0.1, -0.05) is 40.7 Å². The van der Waals surface area contributed by atoms with E-state index in [1.807, 2.05) is 24.3 Å². The smallest absolute Gasteiger partial charge is 0.233 e. The summed E-state index contributed by atoms with van der Waals surface area (Å²) in [7, 11) is 1.78. The van der Waals surface area contributed by atoms with E-state index in [-0.39, 0.29) is 5.91 Å². The number of rotatable bonds is 6. The lowest BCUT2D eigenvalue weighted by Crippen LogP contribution is -2.26. The van der Waals surface area contributed by atoms with E-state index in [4.69, 9.17) is 4.74 Å². The van der Waals surface area contributed by atoms with Gasteiger partial charge in [0.2, 0.25) is 5.91 Å². The zero-order chi connectivity index (χ0) is 12.7. The minimum absolute atomic E-state index is 0.0667. The summed E-state index contributed by atoms with van der Waals surface area (Å²) in [6.07, 6.45) is 1.70. The Morgan fingerprint density at radius 2 is 2.12 bits per heavy atom.